The summed E-state index contributed by atoms with van der Waals surface area (Å²) < 4.78 is 74.2. The van der Waals surface area contributed by atoms with Crippen LogP contribution in [0, 0.1) is 0 Å². The second kappa shape index (κ2) is 4.21. The monoisotopic (exact) mass is 258 g/mol. The van der Waals surface area contributed by atoms with Crippen molar-refractivity contribution in [1.82, 2.24) is 0 Å². The van der Waals surface area contributed by atoms with Gasteiger partial charge in [0, 0.05) is 0 Å². The number of aliphatic hydroxyl groups is 1. The Morgan fingerprint density at radius 1 is 1.00 bits per heavy atom. The highest BCUT2D eigenvalue weighted by Crippen LogP contribution is 2.38. The number of rotatable bonds is 1. The lowest BCUT2D eigenvalue weighted by atomic mass is 9.99. The fourth-order valence-electron chi connectivity index (χ4n) is 1.34. The van der Waals surface area contributed by atoms with Crippen LogP contribution in [0.25, 0.3) is 0 Å². The first-order chi connectivity index (χ1) is 7.53. The molecule has 7 heteroatoms. The molecule has 0 saturated carbocycles. The zero-order chi connectivity index (χ0) is 13.4. The molecular weight excluding hydrogens is 250 g/mol. The van der Waals surface area contributed by atoms with Crippen LogP contribution in [-0.4, -0.2) is 5.11 Å². The first kappa shape index (κ1) is 13.8. The Hall–Kier alpha value is -1.24. The number of hydrogen-bond acceptors (Lipinski definition) is 1. The molecule has 1 rings (SSSR count). The summed E-state index contributed by atoms with van der Waals surface area (Å²) >= 11 is 0. The van der Waals surface area contributed by atoms with E-state index in [1.54, 1.807) is 0 Å². The smallest absolute Gasteiger partial charge is 0.389 e. The third-order valence-corrected chi connectivity index (χ3v) is 2.13. The zero-order valence-electron chi connectivity index (χ0n) is 8.52. The maximum Gasteiger partial charge on any atom is 0.416 e. The number of halogens is 6. The summed E-state index contributed by atoms with van der Waals surface area (Å²) in [6.45, 7) is 0.977. The van der Waals surface area contributed by atoms with Gasteiger partial charge in [0.15, 0.2) is 0 Å². The van der Waals surface area contributed by atoms with Gasteiger partial charge in [0.2, 0.25) is 0 Å². The van der Waals surface area contributed by atoms with Gasteiger partial charge in [0.1, 0.15) is 0 Å². The second-order valence-electron chi connectivity index (χ2n) is 3.47. The molecule has 1 atom stereocenters. The molecule has 0 bridgehead atoms. The van der Waals surface area contributed by atoms with Crippen molar-refractivity contribution in [2.45, 2.75) is 25.4 Å². The summed E-state index contributed by atoms with van der Waals surface area (Å²) in [5.41, 5.74) is -3.27. The lowest BCUT2D eigenvalue weighted by molar-refractivity contribution is -0.142. The van der Waals surface area contributed by atoms with E-state index in [1.165, 1.54) is 0 Å². The Balaban J connectivity index is 3.38. The minimum absolute atomic E-state index is 0.313. The van der Waals surface area contributed by atoms with E-state index >= 15 is 0 Å². The van der Waals surface area contributed by atoms with Crippen LogP contribution >= 0.6 is 0 Å². The van der Waals surface area contributed by atoms with Gasteiger partial charge >= 0.3 is 12.4 Å². The first-order valence-electron chi connectivity index (χ1n) is 4.50. The van der Waals surface area contributed by atoms with Crippen LogP contribution in [0.5, 0.6) is 0 Å². The molecule has 17 heavy (non-hydrogen) atoms. The van der Waals surface area contributed by atoms with Gasteiger partial charge in [-0.05, 0) is 30.7 Å². The summed E-state index contributed by atoms with van der Waals surface area (Å²) in [6, 6.07) is 0.979. The molecule has 0 amide bonds. The Morgan fingerprint density at radius 3 is 1.88 bits per heavy atom. The van der Waals surface area contributed by atoms with E-state index in [0.29, 0.717) is 18.2 Å². The molecule has 1 unspecified atom stereocenters. The molecule has 0 aliphatic rings. The van der Waals surface area contributed by atoms with Crippen molar-refractivity contribution in [2.75, 3.05) is 0 Å². The Bertz CT molecular complexity index is 404. The normalized spacial score (nSPS) is 14.8. The SMILES string of the molecule is CC(O)c1cc(C(F)(F)F)ccc1C(F)(F)F. The molecule has 0 fully saturated rings. The fraction of sp³-hybridized carbons (Fsp3) is 0.400. The Kier molecular flexibility index (Phi) is 3.42. The Labute approximate surface area is 92.7 Å². The summed E-state index contributed by atoms with van der Waals surface area (Å²) in [5, 5.41) is 9.09. The molecule has 0 saturated heterocycles. The van der Waals surface area contributed by atoms with Crippen molar-refractivity contribution < 1.29 is 31.4 Å². The van der Waals surface area contributed by atoms with Crippen LogP contribution in [0.1, 0.15) is 29.7 Å². The highest BCUT2D eigenvalue weighted by atomic mass is 19.4. The maximum atomic E-state index is 12.4. The highest BCUT2D eigenvalue weighted by Gasteiger charge is 2.37. The highest BCUT2D eigenvalue weighted by molar-refractivity contribution is 5.36. The van der Waals surface area contributed by atoms with E-state index in [1.807, 2.05) is 0 Å². The summed E-state index contributed by atoms with van der Waals surface area (Å²) in [4.78, 5) is 0. The van der Waals surface area contributed by atoms with Crippen LogP contribution in [0.4, 0.5) is 26.3 Å². The topological polar surface area (TPSA) is 20.2 Å². The zero-order valence-corrected chi connectivity index (χ0v) is 8.52. The van der Waals surface area contributed by atoms with E-state index in [0.717, 1.165) is 6.92 Å². The van der Waals surface area contributed by atoms with Crippen LogP contribution in [0.15, 0.2) is 18.2 Å². The standard InChI is InChI=1S/C10H8F6O/c1-5(17)7-4-6(9(11,12)13)2-3-8(7)10(14,15)16/h2-5,17H,1H3. The number of benzene rings is 1. The molecule has 0 aliphatic heterocycles. The third kappa shape index (κ3) is 3.12. The van der Waals surface area contributed by atoms with Gasteiger partial charge in [-0.2, -0.15) is 26.3 Å². The van der Waals surface area contributed by atoms with Crippen molar-refractivity contribution in [3.63, 3.8) is 0 Å². The van der Waals surface area contributed by atoms with Crippen molar-refractivity contribution in [1.29, 1.82) is 0 Å². The van der Waals surface area contributed by atoms with Gasteiger partial charge in [-0.1, -0.05) is 0 Å². The minimum atomic E-state index is -4.80. The van der Waals surface area contributed by atoms with Crippen molar-refractivity contribution in [3.05, 3.63) is 34.9 Å². The van der Waals surface area contributed by atoms with E-state index < -0.39 is 35.1 Å². The molecule has 0 aliphatic carbocycles. The van der Waals surface area contributed by atoms with E-state index in [-0.39, 0.29) is 0 Å². The molecule has 0 heterocycles. The van der Waals surface area contributed by atoms with Crippen LogP contribution in [-0.2, 0) is 12.4 Å². The van der Waals surface area contributed by atoms with Crippen molar-refractivity contribution in [3.8, 4) is 0 Å². The van der Waals surface area contributed by atoms with Crippen molar-refractivity contribution >= 4 is 0 Å². The van der Waals surface area contributed by atoms with Crippen LogP contribution < -0.4 is 0 Å². The molecule has 1 N–H and O–H groups in total. The first-order valence-corrected chi connectivity index (χ1v) is 4.50. The summed E-state index contributed by atoms with van der Waals surface area (Å²) in [5.74, 6) is 0. The fourth-order valence-corrected chi connectivity index (χ4v) is 1.34. The van der Waals surface area contributed by atoms with E-state index in [9.17, 15) is 26.3 Å². The predicted molar refractivity (Wildman–Crippen MR) is 47.1 cm³/mol. The third-order valence-electron chi connectivity index (χ3n) is 2.13. The van der Waals surface area contributed by atoms with Gasteiger partial charge in [-0.3, -0.25) is 0 Å². The predicted octanol–water partition coefficient (Wildman–Crippen LogP) is 3.78. The number of aliphatic hydroxyl groups excluding tert-OH is 1. The molecule has 96 valence electrons. The molecular formula is C10H8F6O. The van der Waals surface area contributed by atoms with Gasteiger partial charge < -0.3 is 5.11 Å². The number of alkyl halides is 6. The molecule has 0 aromatic heterocycles. The quantitative estimate of drug-likeness (QED) is 0.760. The van der Waals surface area contributed by atoms with Gasteiger partial charge in [-0.25, -0.2) is 0 Å². The van der Waals surface area contributed by atoms with Crippen molar-refractivity contribution in [2.24, 2.45) is 0 Å². The second-order valence-corrected chi connectivity index (χ2v) is 3.47. The van der Waals surface area contributed by atoms with E-state index in [2.05, 4.69) is 0 Å². The average Bonchev–Trinajstić information content (AvgIpc) is 2.14. The van der Waals surface area contributed by atoms with Gasteiger partial charge in [0.25, 0.3) is 0 Å². The molecule has 1 aromatic carbocycles. The lowest BCUT2D eigenvalue weighted by Gasteiger charge is -2.17. The van der Waals surface area contributed by atoms with Gasteiger partial charge in [-0.15, -0.1) is 0 Å². The molecule has 1 nitrogen and oxygen atoms in total. The van der Waals surface area contributed by atoms with Gasteiger partial charge in [0.05, 0.1) is 17.2 Å². The molecule has 0 spiro atoms. The van der Waals surface area contributed by atoms with Crippen LogP contribution in [0.2, 0.25) is 0 Å². The summed E-state index contributed by atoms with van der Waals surface area (Å²) in [6.07, 6.45) is -11.2. The average molecular weight is 258 g/mol. The molecule has 1 aromatic rings. The Morgan fingerprint density at radius 2 is 1.53 bits per heavy atom. The minimum Gasteiger partial charge on any atom is -0.389 e. The van der Waals surface area contributed by atoms with Crippen LogP contribution in [0.3, 0.4) is 0 Å². The van der Waals surface area contributed by atoms with E-state index in [4.69, 9.17) is 5.11 Å². The number of hydrogen-bond donors (Lipinski definition) is 1. The largest absolute Gasteiger partial charge is 0.416 e. The maximum absolute atomic E-state index is 12.4. The molecule has 0 radical (unpaired) electrons. The summed E-state index contributed by atoms with van der Waals surface area (Å²) in [7, 11) is 0. The lowest BCUT2D eigenvalue weighted by Crippen LogP contribution is -2.14.